The summed E-state index contributed by atoms with van der Waals surface area (Å²) in [6, 6.07) is 0. The molecule has 1 aliphatic rings. The van der Waals surface area contributed by atoms with E-state index in [0.717, 1.165) is 17.5 Å². The van der Waals surface area contributed by atoms with Gasteiger partial charge in [-0.05, 0) is 25.6 Å². The van der Waals surface area contributed by atoms with Crippen molar-refractivity contribution in [1.29, 1.82) is 0 Å². The zero-order chi connectivity index (χ0) is 9.80. The van der Waals surface area contributed by atoms with E-state index >= 15 is 0 Å². The van der Waals surface area contributed by atoms with Gasteiger partial charge in [0.05, 0.1) is 6.54 Å². The van der Waals surface area contributed by atoms with Gasteiger partial charge in [-0.25, -0.2) is 0 Å². The maximum absolute atomic E-state index is 5.24. The van der Waals surface area contributed by atoms with Gasteiger partial charge in [0.25, 0.3) is 0 Å². The van der Waals surface area contributed by atoms with Gasteiger partial charge in [-0.2, -0.15) is 16.7 Å². The summed E-state index contributed by atoms with van der Waals surface area (Å²) in [6.07, 6.45) is 2.45. The number of aromatic nitrogens is 2. The summed E-state index contributed by atoms with van der Waals surface area (Å²) >= 11 is 1.98. The van der Waals surface area contributed by atoms with Gasteiger partial charge in [0.2, 0.25) is 5.89 Å². The molecule has 1 N–H and O–H groups in total. The third-order valence-electron chi connectivity index (χ3n) is 2.33. The number of rotatable bonds is 3. The fraction of sp³-hybridized carbons (Fsp3) is 0.778. The summed E-state index contributed by atoms with van der Waals surface area (Å²) in [6.45, 7) is 0.684. The van der Waals surface area contributed by atoms with Crippen LogP contribution in [0.3, 0.4) is 0 Å². The van der Waals surface area contributed by atoms with Crippen molar-refractivity contribution in [3.63, 3.8) is 0 Å². The first-order valence-corrected chi connectivity index (χ1v) is 6.10. The Labute approximate surface area is 87.8 Å². The lowest BCUT2D eigenvalue weighted by atomic mass is 10.1. The van der Waals surface area contributed by atoms with Crippen molar-refractivity contribution < 1.29 is 4.52 Å². The Bertz CT molecular complexity index is 283. The van der Waals surface area contributed by atoms with Gasteiger partial charge in [0.15, 0.2) is 5.82 Å². The first-order valence-electron chi connectivity index (χ1n) is 4.95. The summed E-state index contributed by atoms with van der Waals surface area (Å²) in [5, 5.41) is 6.93. The fourth-order valence-electron chi connectivity index (χ4n) is 1.60. The molecule has 0 aromatic carbocycles. The molecule has 1 aromatic heterocycles. The van der Waals surface area contributed by atoms with E-state index in [9.17, 15) is 0 Å². The lowest BCUT2D eigenvalue weighted by molar-refractivity contribution is 0.348. The van der Waals surface area contributed by atoms with Gasteiger partial charge >= 0.3 is 0 Å². The molecule has 1 unspecified atom stereocenters. The molecule has 4 nitrogen and oxygen atoms in total. The molecule has 2 rings (SSSR count). The molecule has 0 amide bonds. The Balaban J connectivity index is 2.00. The highest BCUT2D eigenvalue weighted by Gasteiger charge is 2.21. The van der Waals surface area contributed by atoms with Crippen molar-refractivity contribution in [2.45, 2.75) is 25.3 Å². The molecule has 0 spiro atoms. The summed E-state index contributed by atoms with van der Waals surface area (Å²) in [5.74, 6) is 4.46. The fourth-order valence-corrected chi connectivity index (χ4v) is 2.73. The predicted octanol–water partition coefficient (Wildman–Crippen LogP) is 1.40. The number of thioether (sulfide) groups is 1. The average Bonchev–Trinajstić information content (AvgIpc) is 2.68. The Kier molecular flexibility index (Phi) is 3.42. The van der Waals surface area contributed by atoms with E-state index in [2.05, 4.69) is 15.5 Å². The lowest BCUT2D eigenvalue weighted by Gasteiger charge is -2.16. The highest BCUT2D eigenvalue weighted by atomic mass is 32.2. The van der Waals surface area contributed by atoms with Crippen molar-refractivity contribution in [3.8, 4) is 0 Å². The molecule has 2 heterocycles. The molecule has 0 bridgehead atoms. The second-order valence-corrected chi connectivity index (χ2v) is 4.64. The highest BCUT2D eigenvalue weighted by molar-refractivity contribution is 7.99. The van der Waals surface area contributed by atoms with Crippen LogP contribution in [0, 0.1) is 0 Å². The first kappa shape index (κ1) is 9.98. The van der Waals surface area contributed by atoms with Crippen LogP contribution >= 0.6 is 11.8 Å². The van der Waals surface area contributed by atoms with E-state index < -0.39 is 0 Å². The van der Waals surface area contributed by atoms with Crippen molar-refractivity contribution in [1.82, 2.24) is 15.5 Å². The van der Waals surface area contributed by atoms with Gasteiger partial charge in [0, 0.05) is 11.7 Å². The molecule has 1 saturated heterocycles. The van der Waals surface area contributed by atoms with Crippen LogP contribution < -0.4 is 5.32 Å². The van der Waals surface area contributed by atoms with E-state index in [0.29, 0.717) is 12.5 Å². The van der Waals surface area contributed by atoms with E-state index in [1.165, 1.54) is 18.6 Å². The van der Waals surface area contributed by atoms with Crippen LogP contribution in [0.1, 0.15) is 30.5 Å². The van der Waals surface area contributed by atoms with Crippen molar-refractivity contribution in [3.05, 3.63) is 11.7 Å². The molecule has 1 aliphatic heterocycles. The molecule has 0 saturated carbocycles. The minimum Gasteiger partial charge on any atom is -0.339 e. The molecule has 1 fully saturated rings. The summed E-state index contributed by atoms with van der Waals surface area (Å²) in [4.78, 5) is 4.37. The van der Waals surface area contributed by atoms with Crippen LogP contribution in [-0.4, -0.2) is 28.7 Å². The third kappa shape index (κ3) is 2.27. The molecule has 14 heavy (non-hydrogen) atoms. The van der Waals surface area contributed by atoms with E-state index in [1.807, 2.05) is 18.8 Å². The number of hydrogen-bond acceptors (Lipinski definition) is 5. The Morgan fingerprint density at radius 1 is 1.64 bits per heavy atom. The quantitative estimate of drug-likeness (QED) is 0.822. The zero-order valence-corrected chi connectivity index (χ0v) is 9.14. The lowest BCUT2D eigenvalue weighted by Crippen LogP contribution is -2.10. The Morgan fingerprint density at radius 2 is 2.57 bits per heavy atom. The number of nitrogens with one attached hydrogen (secondary N) is 1. The molecular formula is C9H15N3OS. The van der Waals surface area contributed by atoms with E-state index in [1.54, 1.807) is 0 Å². The smallest absolute Gasteiger partial charge is 0.230 e. The van der Waals surface area contributed by atoms with Gasteiger partial charge in [-0.15, -0.1) is 0 Å². The summed E-state index contributed by atoms with van der Waals surface area (Å²) < 4.78 is 5.24. The molecule has 0 radical (unpaired) electrons. The summed E-state index contributed by atoms with van der Waals surface area (Å²) in [7, 11) is 1.88. The standard InChI is InChI=1S/C9H15N3OS/c1-10-5-8-11-9(13-12-8)7-3-2-4-14-6-7/h7,10H,2-6H2,1H3. The van der Waals surface area contributed by atoms with Crippen LogP contribution in [0.15, 0.2) is 4.52 Å². The molecule has 1 atom stereocenters. The van der Waals surface area contributed by atoms with Crippen LogP contribution in [-0.2, 0) is 6.54 Å². The second kappa shape index (κ2) is 4.79. The molecule has 5 heteroatoms. The van der Waals surface area contributed by atoms with Gasteiger partial charge < -0.3 is 9.84 Å². The van der Waals surface area contributed by atoms with Crippen molar-refractivity contribution in [2.24, 2.45) is 0 Å². The normalized spacial score (nSPS) is 22.5. The molecule has 1 aromatic rings. The molecule has 78 valence electrons. The minimum absolute atomic E-state index is 0.479. The largest absolute Gasteiger partial charge is 0.339 e. The maximum atomic E-state index is 5.24. The first-order chi connectivity index (χ1) is 6.90. The SMILES string of the molecule is CNCc1noc(C2CCCSC2)n1. The number of hydrogen-bond donors (Lipinski definition) is 1. The third-order valence-corrected chi connectivity index (χ3v) is 3.54. The zero-order valence-electron chi connectivity index (χ0n) is 8.32. The Morgan fingerprint density at radius 3 is 3.29 bits per heavy atom. The van der Waals surface area contributed by atoms with Crippen LogP contribution in [0.5, 0.6) is 0 Å². The molecular weight excluding hydrogens is 198 g/mol. The van der Waals surface area contributed by atoms with Crippen LogP contribution in [0.25, 0.3) is 0 Å². The predicted molar refractivity (Wildman–Crippen MR) is 56.4 cm³/mol. The van der Waals surface area contributed by atoms with Gasteiger partial charge in [-0.3, -0.25) is 0 Å². The van der Waals surface area contributed by atoms with Crippen LogP contribution in [0.2, 0.25) is 0 Å². The van der Waals surface area contributed by atoms with Gasteiger partial charge in [-0.1, -0.05) is 5.16 Å². The highest BCUT2D eigenvalue weighted by Crippen LogP contribution is 2.29. The van der Waals surface area contributed by atoms with Crippen LogP contribution in [0.4, 0.5) is 0 Å². The average molecular weight is 213 g/mol. The number of nitrogens with zero attached hydrogens (tertiary/aromatic N) is 2. The Hall–Kier alpha value is -0.550. The monoisotopic (exact) mass is 213 g/mol. The maximum Gasteiger partial charge on any atom is 0.230 e. The minimum atomic E-state index is 0.479. The topological polar surface area (TPSA) is 51.0 Å². The van der Waals surface area contributed by atoms with Crippen molar-refractivity contribution >= 4 is 11.8 Å². The molecule has 0 aliphatic carbocycles. The van der Waals surface area contributed by atoms with Gasteiger partial charge in [0.1, 0.15) is 0 Å². The van der Waals surface area contributed by atoms with Crippen molar-refractivity contribution in [2.75, 3.05) is 18.6 Å². The van der Waals surface area contributed by atoms with E-state index in [4.69, 9.17) is 4.52 Å². The summed E-state index contributed by atoms with van der Waals surface area (Å²) in [5.41, 5.74) is 0. The second-order valence-electron chi connectivity index (χ2n) is 3.49. The van der Waals surface area contributed by atoms with E-state index in [-0.39, 0.29) is 0 Å².